The number of pyridine rings is 2. The fraction of sp³-hybridized carbons (Fsp3) is 0.138. The second kappa shape index (κ2) is 12.4. The normalized spacial score (nSPS) is 11.0. The SMILES string of the molecule is CC(=O)/C=C(/C)O.COc1c[c-]c(-c2cc(CO)ccn2)c(-n2c3ccccc3c3ncccc32)c1.[Pt]. The second-order valence-corrected chi connectivity index (χ2v) is 8.13. The summed E-state index contributed by atoms with van der Waals surface area (Å²) in [6.07, 6.45) is 4.68. The molecule has 3 heterocycles. The van der Waals surface area contributed by atoms with Crippen molar-refractivity contribution in [3.05, 3.63) is 96.5 Å². The first-order valence-corrected chi connectivity index (χ1v) is 11.3. The molecule has 0 saturated carbocycles. The number of hydrogen-bond donors (Lipinski definition) is 2. The number of nitrogens with zero attached hydrogens (tertiary/aromatic N) is 3. The Morgan fingerprint density at radius 3 is 2.49 bits per heavy atom. The van der Waals surface area contributed by atoms with Gasteiger partial charge in [0.05, 0.1) is 30.5 Å². The van der Waals surface area contributed by atoms with E-state index < -0.39 is 0 Å². The van der Waals surface area contributed by atoms with Crippen molar-refractivity contribution in [3.63, 3.8) is 0 Å². The number of rotatable bonds is 5. The molecule has 0 aliphatic rings. The Bertz CT molecular complexity index is 1520. The van der Waals surface area contributed by atoms with Crippen molar-refractivity contribution in [3.8, 4) is 22.7 Å². The van der Waals surface area contributed by atoms with Crippen molar-refractivity contribution in [1.82, 2.24) is 14.5 Å². The Kier molecular flexibility index (Phi) is 9.34. The first-order valence-electron chi connectivity index (χ1n) is 11.3. The maximum atomic E-state index is 10.0. The van der Waals surface area contributed by atoms with E-state index in [-0.39, 0.29) is 39.2 Å². The van der Waals surface area contributed by atoms with Gasteiger partial charge in [0.25, 0.3) is 0 Å². The molecule has 192 valence electrons. The third-order valence-electron chi connectivity index (χ3n) is 5.47. The van der Waals surface area contributed by atoms with E-state index in [0.29, 0.717) is 5.75 Å². The second-order valence-electron chi connectivity index (χ2n) is 8.13. The summed E-state index contributed by atoms with van der Waals surface area (Å²) in [6.45, 7) is 2.81. The number of aliphatic hydroxyl groups excluding tert-OH is 2. The molecule has 7 nitrogen and oxygen atoms in total. The molecule has 0 aliphatic heterocycles. The minimum Gasteiger partial charge on any atom is -0.540 e. The third kappa shape index (κ3) is 6.13. The molecule has 8 heteroatoms. The molecule has 0 spiro atoms. The summed E-state index contributed by atoms with van der Waals surface area (Å²) in [4.78, 5) is 19.2. The summed E-state index contributed by atoms with van der Waals surface area (Å²) in [6, 6.07) is 23.0. The summed E-state index contributed by atoms with van der Waals surface area (Å²) >= 11 is 0. The molecule has 0 fully saturated rings. The minimum atomic E-state index is -0.125. The van der Waals surface area contributed by atoms with Gasteiger partial charge in [-0.1, -0.05) is 30.3 Å². The Labute approximate surface area is 229 Å². The Balaban J connectivity index is 0.000000422. The molecular weight excluding hydrogens is 649 g/mol. The van der Waals surface area contributed by atoms with Crippen molar-refractivity contribution in [2.45, 2.75) is 20.5 Å². The molecule has 0 atom stereocenters. The fourth-order valence-corrected chi connectivity index (χ4v) is 4.01. The molecule has 5 rings (SSSR count). The van der Waals surface area contributed by atoms with Crippen molar-refractivity contribution in [2.75, 3.05) is 7.11 Å². The van der Waals surface area contributed by atoms with Crippen LogP contribution >= 0.6 is 0 Å². The fourth-order valence-electron chi connectivity index (χ4n) is 4.01. The van der Waals surface area contributed by atoms with E-state index in [4.69, 9.17) is 9.84 Å². The van der Waals surface area contributed by atoms with Crippen molar-refractivity contribution >= 4 is 27.7 Å². The maximum absolute atomic E-state index is 10.0. The predicted octanol–water partition coefficient (Wildman–Crippen LogP) is 5.58. The van der Waals surface area contributed by atoms with E-state index in [1.807, 2.05) is 36.5 Å². The average Bonchev–Trinajstić information content (AvgIpc) is 3.22. The molecule has 0 unspecified atom stereocenters. The molecule has 2 N–H and O–H groups in total. The molecule has 37 heavy (non-hydrogen) atoms. The number of allylic oxidation sites excluding steroid dienone is 2. The summed E-state index contributed by atoms with van der Waals surface area (Å²) in [7, 11) is 1.64. The average molecular weight is 676 g/mol. The van der Waals surface area contributed by atoms with Gasteiger partial charge in [-0.05, 0) is 55.1 Å². The van der Waals surface area contributed by atoms with Crippen LogP contribution in [0.25, 0.3) is 38.9 Å². The van der Waals surface area contributed by atoms with Gasteiger partial charge in [-0.3, -0.25) is 9.78 Å². The number of benzene rings is 2. The zero-order valence-electron chi connectivity index (χ0n) is 20.6. The van der Waals surface area contributed by atoms with E-state index in [1.54, 1.807) is 25.4 Å². The first-order chi connectivity index (χ1) is 17.4. The number of carbonyl (C=O) groups is 1. The van der Waals surface area contributed by atoms with Crippen LogP contribution in [0.3, 0.4) is 0 Å². The van der Waals surface area contributed by atoms with Gasteiger partial charge in [-0.15, -0.1) is 17.7 Å². The number of ether oxygens (including phenoxy) is 1. The smallest absolute Gasteiger partial charge is 0.155 e. The predicted molar refractivity (Wildman–Crippen MR) is 140 cm³/mol. The quantitative estimate of drug-likeness (QED) is 0.144. The standard InChI is InChI=1S/C24H18N3O2.C5H8O2.Pt/c1-29-17-8-9-18(20-13-16(15-28)10-12-25-20)23(14-17)27-21-6-3-2-5-19(21)24-22(27)7-4-11-26-24;1-4(6)3-5(2)7;/h2-8,10-14,28H,15H2,1H3;3,6H,1-2H3;/q-1;;/b;4-3-;. The number of fused-ring (bicyclic) bond motifs is 3. The van der Waals surface area contributed by atoms with Crippen LogP contribution in [0.2, 0.25) is 0 Å². The van der Waals surface area contributed by atoms with Crippen LogP contribution in [0.1, 0.15) is 19.4 Å². The molecule has 0 saturated heterocycles. The molecule has 0 aliphatic carbocycles. The molecular formula is C29H26N3O4Pt-. The molecule has 3 aromatic heterocycles. The maximum Gasteiger partial charge on any atom is 0.155 e. The van der Waals surface area contributed by atoms with E-state index in [9.17, 15) is 9.90 Å². The minimum absolute atomic E-state index is 0. The van der Waals surface area contributed by atoms with Crippen molar-refractivity contribution < 1.29 is 40.8 Å². The van der Waals surface area contributed by atoms with Gasteiger partial charge in [-0.25, -0.2) is 0 Å². The van der Waals surface area contributed by atoms with Crippen LogP contribution in [-0.2, 0) is 32.5 Å². The largest absolute Gasteiger partial charge is 0.540 e. The van der Waals surface area contributed by atoms with E-state index in [2.05, 4.69) is 38.8 Å². The number of aliphatic hydroxyl groups is 2. The summed E-state index contributed by atoms with van der Waals surface area (Å²) in [5, 5.41) is 19.0. The zero-order valence-corrected chi connectivity index (χ0v) is 22.9. The Morgan fingerprint density at radius 2 is 1.81 bits per heavy atom. The molecule has 0 amide bonds. The molecule has 0 bridgehead atoms. The van der Waals surface area contributed by atoms with Crippen LogP contribution < -0.4 is 4.74 Å². The summed E-state index contributed by atoms with van der Waals surface area (Å²) < 4.78 is 7.66. The molecule has 2 aromatic carbocycles. The Hall–Kier alpha value is -3.80. The molecule has 5 aromatic rings. The Morgan fingerprint density at radius 1 is 1.05 bits per heavy atom. The summed E-state index contributed by atoms with van der Waals surface area (Å²) in [5.41, 5.74) is 6.24. The first kappa shape index (κ1) is 27.8. The zero-order chi connectivity index (χ0) is 25.7. The topological polar surface area (TPSA) is 97.5 Å². The van der Waals surface area contributed by atoms with Gasteiger partial charge in [-0.2, -0.15) is 0 Å². The van der Waals surface area contributed by atoms with Crippen molar-refractivity contribution in [2.24, 2.45) is 0 Å². The van der Waals surface area contributed by atoms with Crippen LogP contribution in [0.4, 0.5) is 0 Å². The number of aromatic nitrogens is 3. The summed E-state index contributed by atoms with van der Waals surface area (Å²) in [5.74, 6) is 0.643. The van der Waals surface area contributed by atoms with Crippen LogP contribution in [0.15, 0.2) is 84.9 Å². The number of hydrogen-bond acceptors (Lipinski definition) is 6. The van der Waals surface area contributed by atoms with Gasteiger partial charge in [0, 0.05) is 56.2 Å². The van der Waals surface area contributed by atoms with Crippen molar-refractivity contribution in [1.29, 1.82) is 0 Å². The van der Waals surface area contributed by atoms with Crippen LogP contribution in [0.5, 0.6) is 5.75 Å². The van der Waals surface area contributed by atoms with Gasteiger partial charge in [0.15, 0.2) is 5.78 Å². The monoisotopic (exact) mass is 675 g/mol. The number of ketones is 1. The van der Waals surface area contributed by atoms with Crippen LogP contribution in [0, 0.1) is 6.07 Å². The van der Waals surface area contributed by atoms with Gasteiger partial charge in [0.2, 0.25) is 0 Å². The number of methoxy groups -OCH3 is 1. The molecule has 0 radical (unpaired) electrons. The van der Waals surface area contributed by atoms with Gasteiger partial charge < -0.3 is 24.5 Å². The van der Waals surface area contributed by atoms with Gasteiger partial charge in [0.1, 0.15) is 0 Å². The third-order valence-corrected chi connectivity index (χ3v) is 5.47. The van der Waals surface area contributed by atoms with E-state index in [1.165, 1.54) is 19.9 Å². The number of carbonyl (C=O) groups excluding carboxylic acids is 1. The van der Waals surface area contributed by atoms with E-state index >= 15 is 0 Å². The van der Waals surface area contributed by atoms with Gasteiger partial charge >= 0.3 is 0 Å². The number of para-hydroxylation sites is 1. The van der Waals surface area contributed by atoms with Crippen LogP contribution in [-0.4, -0.2) is 37.6 Å². The van der Waals surface area contributed by atoms with E-state index in [0.717, 1.165) is 44.4 Å².